The number of rotatable bonds is 60. The summed E-state index contributed by atoms with van der Waals surface area (Å²) in [4.78, 5) is 14.1. The number of ether oxygens (including phenoxy) is 10. The topological polar surface area (TPSA) is 130 Å². The lowest BCUT2D eigenvalue weighted by atomic mass is 10.0. The Hall–Kier alpha value is -7.35. The van der Waals surface area contributed by atoms with E-state index in [1.165, 1.54) is 173 Å². The van der Waals surface area contributed by atoms with E-state index in [1.807, 2.05) is 0 Å². The predicted molar refractivity (Wildman–Crippen MR) is 417 cm³/mol. The van der Waals surface area contributed by atoms with Gasteiger partial charge < -0.3 is 52.5 Å². The molecular formula is C90H124O12. The number of unbranched alkanes of at least 4 members (excludes halogenated alkanes) is 27. The van der Waals surface area contributed by atoms with Gasteiger partial charge in [0.05, 0.1) is 71.6 Å². The molecule has 0 saturated carbocycles. The van der Waals surface area contributed by atoms with Crippen molar-refractivity contribution >= 4 is 5.97 Å². The zero-order chi connectivity index (χ0) is 71.4. The Morgan fingerprint density at radius 3 is 0.824 bits per heavy atom. The molecule has 0 heterocycles. The number of benzene rings is 7. The first kappa shape index (κ1) is 81.9. The standard InChI is InChI=1S/C90H124O12/c1-4-7-10-13-16-19-22-25-28-31-59-96-84-52-46-80(47-53-84)77-40-34-74(35-41-77)71-100-87-69-83(90(92)99-68-67-95-66-65-94-64-63-93-62-58-91)70-88(101-72-75-36-42-78(43-37-75)81-48-54-85(55-49-81)97-60-32-29-26-23-20-17-14-11-8-5-2)89(87)102-73-76-38-44-79(45-39-76)82-50-56-86(57-51-82)98-61-33-30-27-24-21-18-15-12-9-6-3/h34-57,69-70,91H,4-33,58-68,71-73H2,1-3H3. The summed E-state index contributed by atoms with van der Waals surface area (Å²) in [7, 11) is 0. The number of carbonyl (C=O) groups is 1. The summed E-state index contributed by atoms with van der Waals surface area (Å²) >= 11 is 0. The van der Waals surface area contributed by atoms with Gasteiger partial charge in [-0.05, 0) is 118 Å². The molecule has 0 atom stereocenters. The monoisotopic (exact) mass is 1400 g/mol. The summed E-state index contributed by atoms with van der Waals surface area (Å²) in [5, 5.41) is 8.96. The van der Waals surface area contributed by atoms with Crippen molar-refractivity contribution in [1.82, 2.24) is 0 Å². The van der Waals surface area contributed by atoms with Gasteiger partial charge in [0, 0.05) is 0 Å². The van der Waals surface area contributed by atoms with Crippen LogP contribution in [0.4, 0.5) is 0 Å². The minimum atomic E-state index is -0.569. The molecule has 12 nitrogen and oxygen atoms in total. The third-order valence-electron chi connectivity index (χ3n) is 18.6. The molecule has 7 rings (SSSR count). The molecule has 7 aromatic rings. The fourth-order valence-corrected chi connectivity index (χ4v) is 12.4. The van der Waals surface area contributed by atoms with Gasteiger partial charge in [0.25, 0.3) is 0 Å². The van der Waals surface area contributed by atoms with E-state index < -0.39 is 5.97 Å². The summed E-state index contributed by atoms with van der Waals surface area (Å²) in [5.41, 5.74) is 9.50. The highest BCUT2D eigenvalue weighted by Gasteiger charge is 2.21. The normalized spacial score (nSPS) is 11.3. The van der Waals surface area contributed by atoms with E-state index in [4.69, 9.17) is 52.5 Å². The molecule has 0 aliphatic carbocycles. The molecule has 0 fully saturated rings. The SMILES string of the molecule is CCCCCCCCCCCCOc1ccc(-c2ccc(COc3cc(C(=O)OCCOCCOCCOCCO)cc(OCc4ccc(-c5ccc(OCCCCCCCCCCCC)cc5)cc4)c3OCc3ccc(-c4ccc(OCCCCCCCCCCCC)cc4)cc3)cc2)cc1. The van der Waals surface area contributed by atoms with E-state index in [-0.39, 0.29) is 51.8 Å². The molecule has 0 radical (unpaired) electrons. The zero-order valence-corrected chi connectivity index (χ0v) is 62.6. The molecule has 12 heteroatoms. The Morgan fingerprint density at radius 2 is 0.529 bits per heavy atom. The largest absolute Gasteiger partial charge is 0.494 e. The van der Waals surface area contributed by atoms with Crippen LogP contribution in [0.2, 0.25) is 0 Å². The van der Waals surface area contributed by atoms with Crippen LogP contribution in [0, 0.1) is 0 Å². The molecular weight excluding hydrogens is 1270 g/mol. The first-order chi connectivity index (χ1) is 50.4. The van der Waals surface area contributed by atoms with E-state index in [0.29, 0.717) is 43.7 Å². The highest BCUT2D eigenvalue weighted by Crippen LogP contribution is 2.41. The quantitative estimate of drug-likeness (QED) is 0.0288. The maximum absolute atomic E-state index is 14.1. The summed E-state index contributed by atoms with van der Waals surface area (Å²) in [6, 6.07) is 53.3. The minimum absolute atomic E-state index is 0.0133. The minimum Gasteiger partial charge on any atom is -0.494 e. The van der Waals surface area contributed by atoms with Crippen LogP contribution in [-0.2, 0) is 38.8 Å². The number of esters is 1. The van der Waals surface area contributed by atoms with Gasteiger partial charge in [-0.3, -0.25) is 0 Å². The van der Waals surface area contributed by atoms with Crippen LogP contribution in [-0.4, -0.2) is 83.8 Å². The van der Waals surface area contributed by atoms with Crippen LogP contribution in [0.5, 0.6) is 34.5 Å². The molecule has 0 aliphatic heterocycles. The van der Waals surface area contributed by atoms with Crippen LogP contribution in [0.1, 0.15) is 240 Å². The molecule has 0 unspecified atom stereocenters. The van der Waals surface area contributed by atoms with Gasteiger partial charge in [-0.25, -0.2) is 4.79 Å². The summed E-state index contributed by atoms with van der Waals surface area (Å²) in [6.07, 6.45) is 38.9. The van der Waals surface area contributed by atoms with Crippen LogP contribution < -0.4 is 28.4 Å². The Balaban J connectivity index is 1.02. The van der Waals surface area contributed by atoms with Crippen LogP contribution >= 0.6 is 0 Å². The van der Waals surface area contributed by atoms with Gasteiger partial charge in [-0.1, -0.05) is 303 Å². The van der Waals surface area contributed by atoms with Crippen molar-refractivity contribution in [1.29, 1.82) is 0 Å². The third kappa shape index (κ3) is 33.8. The highest BCUT2D eigenvalue weighted by molar-refractivity contribution is 5.91. The average Bonchev–Trinajstić information content (AvgIpc) is 0.811. The van der Waals surface area contributed by atoms with Crippen molar-refractivity contribution in [3.8, 4) is 67.9 Å². The maximum atomic E-state index is 14.1. The van der Waals surface area contributed by atoms with Crippen LogP contribution in [0.3, 0.4) is 0 Å². The fourth-order valence-electron chi connectivity index (χ4n) is 12.4. The molecule has 0 amide bonds. The number of carbonyl (C=O) groups excluding carboxylic acids is 1. The van der Waals surface area contributed by atoms with Gasteiger partial charge in [0.1, 0.15) is 43.7 Å². The number of hydrogen-bond acceptors (Lipinski definition) is 12. The van der Waals surface area contributed by atoms with Crippen LogP contribution in [0.25, 0.3) is 33.4 Å². The first-order valence-corrected chi connectivity index (χ1v) is 39.5. The van der Waals surface area contributed by atoms with Gasteiger partial charge in [-0.2, -0.15) is 0 Å². The highest BCUT2D eigenvalue weighted by atomic mass is 16.6. The van der Waals surface area contributed by atoms with Crippen molar-refractivity contribution in [3.63, 3.8) is 0 Å². The lowest BCUT2D eigenvalue weighted by Gasteiger charge is -2.19. The van der Waals surface area contributed by atoms with Crippen LogP contribution in [0.15, 0.2) is 158 Å². The van der Waals surface area contributed by atoms with E-state index >= 15 is 0 Å². The maximum Gasteiger partial charge on any atom is 0.338 e. The Labute approximate surface area is 613 Å². The van der Waals surface area contributed by atoms with Gasteiger partial charge in [0.2, 0.25) is 5.75 Å². The zero-order valence-electron chi connectivity index (χ0n) is 62.6. The fraction of sp³-hybridized carbons (Fsp3) is 0.522. The van der Waals surface area contributed by atoms with Crippen molar-refractivity contribution < 1.29 is 57.3 Å². The molecule has 0 bridgehead atoms. The van der Waals surface area contributed by atoms with Crippen molar-refractivity contribution in [3.05, 3.63) is 180 Å². The Kier molecular flexibility index (Phi) is 42.2. The van der Waals surface area contributed by atoms with Gasteiger partial charge in [0.15, 0.2) is 11.5 Å². The summed E-state index contributed by atoms with van der Waals surface area (Å²) < 4.78 is 61.1. The van der Waals surface area contributed by atoms with E-state index in [9.17, 15) is 4.79 Å². The van der Waals surface area contributed by atoms with Crippen molar-refractivity contribution in [2.24, 2.45) is 0 Å². The van der Waals surface area contributed by atoms with Crippen molar-refractivity contribution in [2.75, 3.05) is 72.7 Å². The summed E-state index contributed by atoms with van der Waals surface area (Å²) in [5.74, 6) is 3.09. The lowest BCUT2D eigenvalue weighted by molar-refractivity contribution is -0.00315. The smallest absolute Gasteiger partial charge is 0.338 e. The second-order valence-corrected chi connectivity index (χ2v) is 27.1. The molecule has 0 spiro atoms. The second-order valence-electron chi connectivity index (χ2n) is 27.1. The number of hydrogen-bond donors (Lipinski definition) is 1. The van der Waals surface area contributed by atoms with Gasteiger partial charge >= 0.3 is 5.97 Å². The van der Waals surface area contributed by atoms with Gasteiger partial charge in [-0.15, -0.1) is 0 Å². The Bertz CT molecular complexity index is 3080. The van der Waals surface area contributed by atoms with E-state index in [0.717, 1.165) is 106 Å². The predicted octanol–water partition coefficient (Wildman–Crippen LogP) is 23.5. The lowest BCUT2D eigenvalue weighted by Crippen LogP contribution is -2.15. The molecule has 0 aliphatic rings. The number of aliphatic hydroxyl groups excluding tert-OH is 1. The Morgan fingerprint density at radius 1 is 0.275 bits per heavy atom. The summed E-state index contributed by atoms with van der Waals surface area (Å²) in [6.45, 7) is 11.4. The number of aliphatic hydroxyl groups is 1. The molecule has 1 N–H and O–H groups in total. The molecule has 0 saturated heterocycles. The third-order valence-corrected chi connectivity index (χ3v) is 18.6. The molecule has 556 valence electrons. The molecule has 0 aromatic heterocycles. The second kappa shape index (κ2) is 52.6. The average molecular weight is 1400 g/mol. The first-order valence-electron chi connectivity index (χ1n) is 39.5. The van der Waals surface area contributed by atoms with E-state index in [2.05, 4.69) is 166 Å². The molecule has 102 heavy (non-hydrogen) atoms. The van der Waals surface area contributed by atoms with E-state index in [1.54, 1.807) is 12.1 Å². The van der Waals surface area contributed by atoms with Crippen molar-refractivity contribution in [2.45, 2.75) is 233 Å². The molecule has 7 aromatic carbocycles.